The van der Waals surface area contributed by atoms with E-state index in [0.717, 1.165) is 18.1 Å². The van der Waals surface area contributed by atoms with E-state index in [1.54, 1.807) is 7.11 Å². The molecule has 0 amide bonds. The molecular formula is C15H27N3O. The maximum atomic E-state index is 5.43. The third-order valence-electron chi connectivity index (χ3n) is 4.39. The molecule has 0 bridgehead atoms. The lowest BCUT2D eigenvalue weighted by molar-refractivity contribution is 0.205. The zero-order valence-corrected chi connectivity index (χ0v) is 12.9. The van der Waals surface area contributed by atoms with Crippen LogP contribution in [0.25, 0.3) is 0 Å². The summed E-state index contributed by atoms with van der Waals surface area (Å²) in [5.74, 6) is 0.876. The average molecular weight is 265 g/mol. The van der Waals surface area contributed by atoms with Gasteiger partial charge in [-0.3, -0.25) is 0 Å². The average Bonchev–Trinajstić information content (AvgIpc) is 2.62. The summed E-state index contributed by atoms with van der Waals surface area (Å²) in [4.78, 5) is 0. The van der Waals surface area contributed by atoms with E-state index >= 15 is 0 Å². The predicted molar refractivity (Wildman–Crippen MR) is 77.4 cm³/mol. The van der Waals surface area contributed by atoms with Crippen LogP contribution in [0.15, 0.2) is 0 Å². The van der Waals surface area contributed by atoms with Crippen molar-refractivity contribution in [3.8, 4) is 5.88 Å². The molecule has 1 aromatic heterocycles. The SMILES string of the molecule is COc1c(CNC2CCC(C)(C)CC2)c(C)nn1C. The summed E-state index contributed by atoms with van der Waals surface area (Å²) in [5, 5.41) is 8.09. The van der Waals surface area contributed by atoms with Gasteiger partial charge in [0.25, 0.3) is 0 Å². The molecule has 1 aromatic rings. The third-order valence-corrected chi connectivity index (χ3v) is 4.39. The zero-order valence-electron chi connectivity index (χ0n) is 12.9. The Labute approximate surface area is 116 Å². The predicted octanol–water partition coefficient (Wildman–Crippen LogP) is 2.80. The van der Waals surface area contributed by atoms with E-state index in [-0.39, 0.29) is 0 Å². The molecule has 19 heavy (non-hydrogen) atoms. The molecule has 0 unspecified atom stereocenters. The summed E-state index contributed by atoms with van der Waals surface area (Å²) >= 11 is 0. The molecule has 1 aliphatic rings. The highest BCUT2D eigenvalue weighted by molar-refractivity contribution is 5.30. The molecule has 4 nitrogen and oxygen atoms in total. The maximum Gasteiger partial charge on any atom is 0.216 e. The first-order valence-electron chi connectivity index (χ1n) is 7.23. The third kappa shape index (κ3) is 3.30. The van der Waals surface area contributed by atoms with Gasteiger partial charge < -0.3 is 10.1 Å². The topological polar surface area (TPSA) is 39.1 Å². The molecular weight excluding hydrogens is 238 g/mol. The van der Waals surface area contributed by atoms with Crippen LogP contribution in [-0.4, -0.2) is 22.9 Å². The largest absolute Gasteiger partial charge is 0.481 e. The van der Waals surface area contributed by atoms with Crippen LogP contribution in [0.2, 0.25) is 0 Å². The molecule has 4 heteroatoms. The van der Waals surface area contributed by atoms with Crippen LogP contribution in [-0.2, 0) is 13.6 Å². The summed E-state index contributed by atoms with van der Waals surface area (Å²) in [7, 11) is 3.64. The highest BCUT2D eigenvalue weighted by Crippen LogP contribution is 2.35. The van der Waals surface area contributed by atoms with Crippen molar-refractivity contribution in [2.24, 2.45) is 12.5 Å². The summed E-state index contributed by atoms with van der Waals surface area (Å²) in [6.07, 6.45) is 5.17. The Morgan fingerprint density at radius 1 is 1.37 bits per heavy atom. The van der Waals surface area contributed by atoms with Gasteiger partial charge in [0.1, 0.15) is 0 Å². The van der Waals surface area contributed by atoms with Crippen LogP contribution in [0.5, 0.6) is 5.88 Å². The van der Waals surface area contributed by atoms with Crippen LogP contribution in [0.1, 0.15) is 50.8 Å². The van der Waals surface area contributed by atoms with Gasteiger partial charge in [-0.2, -0.15) is 5.10 Å². The van der Waals surface area contributed by atoms with Gasteiger partial charge in [-0.25, -0.2) is 4.68 Å². The fourth-order valence-electron chi connectivity index (χ4n) is 2.99. The fourth-order valence-corrected chi connectivity index (χ4v) is 2.99. The monoisotopic (exact) mass is 265 g/mol. The van der Waals surface area contributed by atoms with E-state index < -0.39 is 0 Å². The number of rotatable bonds is 4. The summed E-state index contributed by atoms with van der Waals surface area (Å²) in [5.41, 5.74) is 2.78. The van der Waals surface area contributed by atoms with Crippen molar-refractivity contribution in [3.05, 3.63) is 11.3 Å². The van der Waals surface area contributed by atoms with Gasteiger partial charge in [-0.15, -0.1) is 0 Å². The Bertz CT molecular complexity index is 427. The maximum absolute atomic E-state index is 5.43. The minimum absolute atomic E-state index is 0.528. The number of nitrogens with zero attached hydrogens (tertiary/aromatic N) is 2. The van der Waals surface area contributed by atoms with E-state index in [0.29, 0.717) is 11.5 Å². The van der Waals surface area contributed by atoms with E-state index in [9.17, 15) is 0 Å². The second-order valence-corrected chi connectivity index (χ2v) is 6.52. The van der Waals surface area contributed by atoms with E-state index in [2.05, 4.69) is 24.3 Å². The lowest BCUT2D eigenvalue weighted by atomic mass is 9.75. The molecule has 108 valence electrons. The van der Waals surface area contributed by atoms with Crippen molar-refractivity contribution in [1.82, 2.24) is 15.1 Å². The molecule has 0 aliphatic heterocycles. The van der Waals surface area contributed by atoms with Gasteiger partial charge in [0.2, 0.25) is 5.88 Å². The van der Waals surface area contributed by atoms with Crippen molar-refractivity contribution >= 4 is 0 Å². The molecule has 0 atom stereocenters. The number of hydrogen-bond donors (Lipinski definition) is 1. The normalized spacial score (nSPS) is 19.6. The Balaban J connectivity index is 1.93. The molecule has 0 radical (unpaired) electrons. The molecule has 0 spiro atoms. The van der Waals surface area contributed by atoms with E-state index in [4.69, 9.17) is 4.74 Å². The molecule has 1 fully saturated rings. The van der Waals surface area contributed by atoms with E-state index in [1.807, 2.05) is 18.7 Å². The molecule has 1 N–H and O–H groups in total. The fraction of sp³-hybridized carbons (Fsp3) is 0.800. The summed E-state index contributed by atoms with van der Waals surface area (Å²) in [6, 6.07) is 0.636. The lowest BCUT2D eigenvalue weighted by Gasteiger charge is -2.34. The second kappa shape index (κ2) is 5.53. The van der Waals surface area contributed by atoms with E-state index in [1.165, 1.54) is 31.2 Å². The zero-order chi connectivity index (χ0) is 14.0. The Morgan fingerprint density at radius 3 is 2.58 bits per heavy atom. The van der Waals surface area contributed by atoms with Gasteiger partial charge >= 0.3 is 0 Å². The van der Waals surface area contributed by atoms with Crippen LogP contribution in [0.4, 0.5) is 0 Å². The summed E-state index contributed by atoms with van der Waals surface area (Å²) in [6.45, 7) is 7.65. The van der Waals surface area contributed by atoms with Gasteiger partial charge in [-0.05, 0) is 38.0 Å². The Morgan fingerprint density at radius 2 is 2.00 bits per heavy atom. The van der Waals surface area contributed by atoms with Gasteiger partial charge in [0.05, 0.1) is 18.4 Å². The van der Waals surface area contributed by atoms with Gasteiger partial charge in [0, 0.05) is 19.6 Å². The molecule has 0 aromatic carbocycles. The first-order valence-corrected chi connectivity index (χ1v) is 7.23. The van der Waals surface area contributed by atoms with Crippen molar-refractivity contribution in [1.29, 1.82) is 0 Å². The Kier molecular flexibility index (Phi) is 4.19. The molecule has 0 saturated heterocycles. The molecule has 1 saturated carbocycles. The number of hydrogen-bond acceptors (Lipinski definition) is 3. The molecule has 1 aliphatic carbocycles. The first kappa shape index (κ1) is 14.4. The Hall–Kier alpha value is -1.03. The number of ether oxygens (including phenoxy) is 1. The van der Waals surface area contributed by atoms with Crippen molar-refractivity contribution < 1.29 is 4.74 Å². The van der Waals surface area contributed by atoms with Crippen molar-refractivity contribution in [3.63, 3.8) is 0 Å². The summed E-state index contributed by atoms with van der Waals surface area (Å²) < 4.78 is 7.25. The van der Waals surface area contributed by atoms with Crippen molar-refractivity contribution in [2.45, 2.75) is 59.0 Å². The number of aromatic nitrogens is 2. The lowest BCUT2D eigenvalue weighted by Crippen LogP contribution is -2.35. The molecule has 2 rings (SSSR count). The quantitative estimate of drug-likeness (QED) is 0.910. The highest BCUT2D eigenvalue weighted by atomic mass is 16.5. The smallest absolute Gasteiger partial charge is 0.216 e. The van der Waals surface area contributed by atoms with Crippen LogP contribution >= 0.6 is 0 Å². The van der Waals surface area contributed by atoms with Crippen LogP contribution in [0.3, 0.4) is 0 Å². The number of methoxy groups -OCH3 is 1. The van der Waals surface area contributed by atoms with Crippen LogP contribution in [0, 0.1) is 12.3 Å². The number of nitrogens with one attached hydrogen (secondary N) is 1. The number of aryl methyl sites for hydroxylation is 2. The van der Waals surface area contributed by atoms with Crippen molar-refractivity contribution in [2.75, 3.05) is 7.11 Å². The minimum atomic E-state index is 0.528. The van der Waals surface area contributed by atoms with Crippen LogP contribution < -0.4 is 10.1 Å². The van der Waals surface area contributed by atoms with Gasteiger partial charge in [0.15, 0.2) is 0 Å². The molecule has 1 heterocycles. The first-order chi connectivity index (χ1) is 8.93. The van der Waals surface area contributed by atoms with Gasteiger partial charge in [-0.1, -0.05) is 13.8 Å². The standard InChI is InChI=1S/C15H27N3O/c1-11-13(14(19-5)18(4)17-11)10-16-12-6-8-15(2,3)9-7-12/h12,16H,6-10H2,1-5H3. The minimum Gasteiger partial charge on any atom is -0.481 e. The second-order valence-electron chi connectivity index (χ2n) is 6.52. The highest BCUT2D eigenvalue weighted by Gasteiger charge is 2.26.